The van der Waals surface area contributed by atoms with Crippen molar-refractivity contribution in [2.24, 2.45) is 0 Å². The molecule has 126 valence electrons. The van der Waals surface area contributed by atoms with E-state index in [-0.39, 0.29) is 23.6 Å². The normalized spacial score (nSPS) is 25.0. The number of nitro benzene ring substituents is 1. The zero-order valence-corrected chi connectivity index (χ0v) is 12.6. The second-order valence-corrected chi connectivity index (χ2v) is 6.01. The van der Waals surface area contributed by atoms with Gasteiger partial charge in [-0.1, -0.05) is 0 Å². The Kier molecular flexibility index (Phi) is 4.85. The number of benzene rings is 1. The van der Waals surface area contributed by atoms with Crippen molar-refractivity contribution < 1.29 is 32.4 Å². The summed E-state index contributed by atoms with van der Waals surface area (Å²) >= 11 is 0.405. The van der Waals surface area contributed by atoms with Crippen LogP contribution in [0.5, 0.6) is 0 Å². The van der Waals surface area contributed by atoms with Crippen LogP contribution in [0, 0.1) is 10.1 Å². The molecule has 0 bridgehead atoms. The first-order valence-electron chi connectivity index (χ1n) is 6.39. The van der Waals surface area contributed by atoms with Gasteiger partial charge in [0.25, 0.3) is 5.69 Å². The summed E-state index contributed by atoms with van der Waals surface area (Å²) < 4.78 is 47.7. The van der Waals surface area contributed by atoms with Gasteiger partial charge in [-0.25, -0.2) is 0 Å². The molecule has 1 fully saturated rings. The highest BCUT2D eigenvalue weighted by Gasteiger charge is 2.68. The van der Waals surface area contributed by atoms with E-state index in [1.165, 1.54) is 0 Å². The van der Waals surface area contributed by atoms with Crippen LogP contribution in [0.15, 0.2) is 24.3 Å². The largest absolute Gasteiger partial charge is 0.468 e. The number of carbonyl (C=O) groups is 1. The highest BCUT2D eigenvalue weighted by molar-refractivity contribution is 8.01. The van der Waals surface area contributed by atoms with E-state index in [0.29, 0.717) is 11.8 Å². The highest BCUT2D eigenvalue weighted by Crippen LogP contribution is 2.54. The molecule has 2 rings (SSSR count). The number of nitrogens with zero attached hydrogens (tertiary/aromatic N) is 1. The van der Waals surface area contributed by atoms with Crippen molar-refractivity contribution in [3.8, 4) is 0 Å². The smallest absolute Gasteiger partial charge is 0.416 e. The molecule has 0 spiro atoms. The van der Waals surface area contributed by atoms with Crippen LogP contribution >= 0.6 is 11.8 Å². The third-order valence-corrected chi connectivity index (χ3v) is 4.82. The van der Waals surface area contributed by atoms with Gasteiger partial charge in [-0.15, -0.1) is 11.8 Å². The monoisotopic (exact) mass is 351 g/mol. The lowest BCUT2D eigenvalue weighted by molar-refractivity contribution is -0.384. The molecule has 6 nitrogen and oxygen atoms in total. The molecular weight excluding hydrogens is 339 g/mol. The second-order valence-electron chi connectivity index (χ2n) is 4.67. The quantitative estimate of drug-likeness (QED) is 0.473. The fourth-order valence-corrected chi connectivity index (χ4v) is 3.55. The van der Waals surface area contributed by atoms with Crippen LogP contribution in [0.1, 0.15) is 11.7 Å². The number of ether oxygens (including phenoxy) is 2. The predicted molar refractivity (Wildman–Crippen MR) is 75.0 cm³/mol. The van der Waals surface area contributed by atoms with Crippen LogP contribution < -0.4 is 0 Å². The number of alkyl halides is 3. The predicted octanol–water partition coefficient (Wildman–Crippen LogP) is 2.87. The van der Waals surface area contributed by atoms with Gasteiger partial charge in [0.05, 0.1) is 18.6 Å². The maximum absolute atomic E-state index is 13.7. The molecule has 1 aliphatic rings. The minimum absolute atomic E-state index is 0.0150. The lowest BCUT2D eigenvalue weighted by atomic mass is 9.93. The molecule has 1 aliphatic heterocycles. The summed E-state index contributed by atoms with van der Waals surface area (Å²) in [5.74, 6) is -1.49. The number of halogens is 3. The van der Waals surface area contributed by atoms with Crippen LogP contribution in [0.25, 0.3) is 0 Å². The molecule has 0 N–H and O–H groups in total. The number of carbonyl (C=O) groups excluding carboxylic acids is 1. The van der Waals surface area contributed by atoms with E-state index in [1.807, 2.05) is 0 Å². The first-order chi connectivity index (χ1) is 10.7. The molecule has 1 aromatic carbocycles. The Morgan fingerprint density at radius 1 is 1.43 bits per heavy atom. The zero-order valence-electron chi connectivity index (χ0n) is 11.8. The first kappa shape index (κ1) is 17.5. The van der Waals surface area contributed by atoms with Crippen LogP contribution in [-0.2, 0) is 14.3 Å². The summed E-state index contributed by atoms with van der Waals surface area (Å²) in [7, 11) is 0.873. The van der Waals surface area contributed by atoms with Gasteiger partial charge in [0, 0.05) is 17.9 Å². The maximum atomic E-state index is 13.7. The van der Waals surface area contributed by atoms with Crippen molar-refractivity contribution in [3.63, 3.8) is 0 Å². The van der Waals surface area contributed by atoms with E-state index in [9.17, 15) is 28.1 Å². The lowest BCUT2D eigenvalue weighted by Crippen LogP contribution is -2.57. The second kappa shape index (κ2) is 6.36. The van der Waals surface area contributed by atoms with Crippen molar-refractivity contribution in [3.05, 3.63) is 39.9 Å². The number of hydrogen-bond donors (Lipinski definition) is 0. The van der Waals surface area contributed by atoms with Crippen LogP contribution in [0.2, 0.25) is 0 Å². The van der Waals surface area contributed by atoms with Crippen molar-refractivity contribution in [2.75, 3.05) is 19.5 Å². The molecule has 0 aliphatic carbocycles. The van der Waals surface area contributed by atoms with Crippen molar-refractivity contribution in [2.45, 2.75) is 17.0 Å². The lowest BCUT2D eigenvalue weighted by Gasteiger charge is -2.41. The fourth-order valence-electron chi connectivity index (χ4n) is 2.33. The summed E-state index contributed by atoms with van der Waals surface area (Å²) in [6.45, 7) is 0.0150. The molecular formula is C13H12F3NO5S. The van der Waals surface area contributed by atoms with E-state index in [0.717, 1.165) is 31.4 Å². The van der Waals surface area contributed by atoms with E-state index in [2.05, 4.69) is 4.74 Å². The molecule has 1 heterocycles. The Bertz CT molecular complexity index is 607. The summed E-state index contributed by atoms with van der Waals surface area (Å²) in [6, 6.07) is 4.43. The number of hydrogen-bond acceptors (Lipinski definition) is 6. The third kappa shape index (κ3) is 3.00. The SMILES string of the molecule is COC(=O)[C@@]1(C(F)(F)F)SCCO[C@@H]1c1ccc([N+](=O)[O-])cc1. The molecule has 0 radical (unpaired) electrons. The van der Waals surface area contributed by atoms with E-state index < -0.39 is 27.9 Å². The fraction of sp³-hybridized carbons (Fsp3) is 0.462. The molecule has 2 atom stereocenters. The molecule has 0 amide bonds. The Hall–Kier alpha value is -1.81. The van der Waals surface area contributed by atoms with Gasteiger partial charge in [0.15, 0.2) is 0 Å². The minimum Gasteiger partial charge on any atom is -0.468 e. The average molecular weight is 351 g/mol. The third-order valence-electron chi connectivity index (χ3n) is 3.38. The Labute approximate surface area is 133 Å². The van der Waals surface area contributed by atoms with Gasteiger partial charge in [-0.3, -0.25) is 14.9 Å². The maximum Gasteiger partial charge on any atom is 0.416 e. The zero-order chi connectivity index (χ0) is 17.3. The first-order valence-corrected chi connectivity index (χ1v) is 7.37. The summed E-state index contributed by atoms with van der Waals surface area (Å²) in [6.07, 6.45) is -6.56. The molecule has 1 aromatic rings. The molecule has 0 aromatic heterocycles. The molecule has 10 heteroatoms. The number of nitro groups is 1. The summed E-state index contributed by atoms with van der Waals surface area (Å²) in [5.41, 5.74) is -0.251. The summed E-state index contributed by atoms with van der Waals surface area (Å²) in [4.78, 5) is 21.9. The van der Waals surface area contributed by atoms with E-state index >= 15 is 0 Å². The molecule has 1 saturated heterocycles. The van der Waals surface area contributed by atoms with Crippen LogP contribution in [-0.4, -0.2) is 41.3 Å². The van der Waals surface area contributed by atoms with Gasteiger partial charge in [0.1, 0.15) is 6.10 Å². The Balaban J connectivity index is 2.51. The molecule has 23 heavy (non-hydrogen) atoms. The van der Waals surface area contributed by atoms with Gasteiger partial charge < -0.3 is 9.47 Å². The number of non-ortho nitro benzene ring substituents is 1. The van der Waals surface area contributed by atoms with Gasteiger partial charge >= 0.3 is 12.1 Å². The van der Waals surface area contributed by atoms with E-state index in [4.69, 9.17) is 4.74 Å². The number of thioether (sulfide) groups is 1. The molecule has 0 unspecified atom stereocenters. The molecule has 0 saturated carbocycles. The standard InChI is InChI=1S/C13H12F3NO5S/c1-21-11(18)12(13(14,15)16)10(22-6-7-23-12)8-2-4-9(5-3-8)17(19)20/h2-5,10H,6-7H2,1H3/t10-,12+/m1/s1. The van der Waals surface area contributed by atoms with Gasteiger partial charge in [-0.05, 0) is 17.7 Å². The number of methoxy groups -OCH3 is 1. The minimum atomic E-state index is -4.92. The van der Waals surface area contributed by atoms with Gasteiger partial charge in [-0.2, -0.15) is 13.2 Å². The number of esters is 1. The van der Waals surface area contributed by atoms with Crippen molar-refractivity contribution in [1.82, 2.24) is 0 Å². The number of rotatable bonds is 3. The van der Waals surface area contributed by atoms with Gasteiger partial charge in [0.2, 0.25) is 4.75 Å². The highest BCUT2D eigenvalue weighted by atomic mass is 32.2. The van der Waals surface area contributed by atoms with Crippen LogP contribution in [0.4, 0.5) is 18.9 Å². The summed E-state index contributed by atoms with van der Waals surface area (Å²) in [5, 5.41) is 10.6. The van der Waals surface area contributed by atoms with E-state index in [1.54, 1.807) is 0 Å². The van der Waals surface area contributed by atoms with Crippen molar-refractivity contribution >= 4 is 23.4 Å². The average Bonchev–Trinajstić information content (AvgIpc) is 2.53. The topological polar surface area (TPSA) is 78.7 Å². The Morgan fingerprint density at radius 3 is 2.52 bits per heavy atom. The van der Waals surface area contributed by atoms with Crippen LogP contribution in [0.3, 0.4) is 0 Å². The van der Waals surface area contributed by atoms with Crippen molar-refractivity contribution in [1.29, 1.82) is 0 Å². The Morgan fingerprint density at radius 2 is 2.04 bits per heavy atom.